The third-order valence-corrected chi connectivity index (χ3v) is 3.95. The fourth-order valence-corrected chi connectivity index (χ4v) is 3.16. The van der Waals surface area contributed by atoms with Gasteiger partial charge >= 0.3 is 5.97 Å². The zero-order valence-corrected chi connectivity index (χ0v) is 11.7. The maximum Gasteiger partial charge on any atom is 0.346 e. The van der Waals surface area contributed by atoms with Crippen LogP contribution in [0.1, 0.15) is 12.5 Å². The minimum atomic E-state index is -0.272. The van der Waals surface area contributed by atoms with E-state index in [2.05, 4.69) is 21.2 Å². The lowest BCUT2D eigenvalue weighted by atomic mass is 10.1. The van der Waals surface area contributed by atoms with E-state index in [0.29, 0.717) is 11.5 Å². The zero-order valence-electron chi connectivity index (χ0n) is 9.27. The van der Waals surface area contributed by atoms with Gasteiger partial charge in [-0.2, -0.15) is 0 Å². The highest BCUT2D eigenvalue weighted by atomic mass is 79.9. The summed E-state index contributed by atoms with van der Waals surface area (Å²) in [6.07, 6.45) is 0. The Morgan fingerprint density at radius 1 is 1.47 bits per heavy atom. The molecule has 1 aliphatic rings. The van der Waals surface area contributed by atoms with E-state index in [-0.39, 0.29) is 10.3 Å². The van der Waals surface area contributed by atoms with E-state index in [1.165, 1.54) is 11.8 Å². The maximum atomic E-state index is 11.8. The van der Waals surface area contributed by atoms with Crippen molar-refractivity contribution in [2.45, 2.75) is 11.2 Å². The summed E-state index contributed by atoms with van der Waals surface area (Å²) in [5.41, 5.74) is 1.82. The summed E-state index contributed by atoms with van der Waals surface area (Å²) in [7, 11) is 0. The summed E-state index contributed by atoms with van der Waals surface area (Å²) in [4.78, 5) is 12.4. The van der Waals surface area contributed by atoms with Crippen LogP contribution in [0.25, 0.3) is 5.70 Å². The van der Waals surface area contributed by atoms with Crippen LogP contribution in [0.15, 0.2) is 35.2 Å². The van der Waals surface area contributed by atoms with Gasteiger partial charge in [0.2, 0.25) is 0 Å². The summed E-state index contributed by atoms with van der Waals surface area (Å²) < 4.78 is 5.06. The van der Waals surface area contributed by atoms with Crippen molar-refractivity contribution in [3.63, 3.8) is 0 Å². The first kappa shape index (κ1) is 12.5. The zero-order chi connectivity index (χ0) is 12.3. The summed E-state index contributed by atoms with van der Waals surface area (Å²) in [6.45, 7) is 2.19. The summed E-state index contributed by atoms with van der Waals surface area (Å²) in [5.74, 6) is -0.272. The largest absolute Gasteiger partial charge is 0.462 e. The van der Waals surface area contributed by atoms with E-state index in [1.807, 2.05) is 30.3 Å². The van der Waals surface area contributed by atoms with Crippen LogP contribution >= 0.6 is 27.7 Å². The number of benzene rings is 1. The molecule has 1 unspecified atom stereocenters. The Hall–Kier alpha value is -0.940. The van der Waals surface area contributed by atoms with Gasteiger partial charge in [-0.25, -0.2) is 4.79 Å². The molecule has 0 fully saturated rings. The van der Waals surface area contributed by atoms with Gasteiger partial charge in [-0.15, -0.1) is 0 Å². The molecule has 1 aromatic carbocycles. The van der Waals surface area contributed by atoms with Crippen LogP contribution in [0.3, 0.4) is 0 Å². The van der Waals surface area contributed by atoms with Gasteiger partial charge in [0.05, 0.1) is 12.3 Å². The molecular weight excluding hydrogens is 302 g/mol. The molecule has 1 atom stereocenters. The monoisotopic (exact) mass is 313 g/mol. The van der Waals surface area contributed by atoms with Crippen LogP contribution in [-0.4, -0.2) is 16.9 Å². The highest BCUT2D eigenvalue weighted by Gasteiger charge is 2.28. The number of carbonyl (C=O) groups excluding carboxylic acids is 1. The number of rotatable bonds is 3. The third-order valence-electron chi connectivity index (χ3n) is 2.23. The smallest absolute Gasteiger partial charge is 0.346 e. The molecule has 0 spiro atoms. The molecular formula is C12H12BrNO2S. The number of nitrogens with one attached hydrogen (secondary N) is 1. The van der Waals surface area contributed by atoms with E-state index in [0.717, 1.165) is 11.3 Å². The van der Waals surface area contributed by atoms with E-state index < -0.39 is 0 Å². The van der Waals surface area contributed by atoms with Gasteiger partial charge in [-0.3, -0.25) is 0 Å². The van der Waals surface area contributed by atoms with Crippen molar-refractivity contribution >= 4 is 39.4 Å². The topological polar surface area (TPSA) is 38.3 Å². The van der Waals surface area contributed by atoms with Gasteiger partial charge in [0.25, 0.3) is 0 Å². The molecule has 0 bridgehead atoms. The lowest BCUT2D eigenvalue weighted by Crippen LogP contribution is -2.13. The number of esters is 1. The number of hydrogen-bond donors (Lipinski definition) is 1. The van der Waals surface area contributed by atoms with Gasteiger partial charge < -0.3 is 10.1 Å². The lowest BCUT2D eigenvalue weighted by molar-refractivity contribution is -0.137. The molecule has 1 aliphatic heterocycles. The summed E-state index contributed by atoms with van der Waals surface area (Å²) >= 11 is 4.87. The highest BCUT2D eigenvalue weighted by molar-refractivity contribution is 9.11. The summed E-state index contributed by atoms with van der Waals surface area (Å²) in [5, 5.41) is 3.22. The number of halogens is 1. The molecule has 0 amide bonds. The Bertz CT molecular complexity index is 447. The van der Waals surface area contributed by atoms with E-state index in [9.17, 15) is 4.79 Å². The molecule has 17 heavy (non-hydrogen) atoms. The Labute approximate surface area is 113 Å². The molecule has 5 heteroatoms. The normalized spacial score (nSPS) is 19.1. The Kier molecular flexibility index (Phi) is 4.12. The number of ether oxygens (including phenoxy) is 1. The molecule has 90 valence electrons. The van der Waals surface area contributed by atoms with Gasteiger partial charge in [0.1, 0.15) is 9.19 Å². The number of thioether (sulfide) groups is 1. The van der Waals surface area contributed by atoms with Gasteiger partial charge in [0, 0.05) is 0 Å². The van der Waals surface area contributed by atoms with Crippen molar-refractivity contribution in [2.75, 3.05) is 6.61 Å². The second-order valence-corrected chi connectivity index (χ2v) is 6.01. The molecule has 0 radical (unpaired) electrons. The van der Waals surface area contributed by atoms with E-state index in [1.54, 1.807) is 6.92 Å². The molecule has 1 N–H and O–H groups in total. The number of alkyl halides is 1. The van der Waals surface area contributed by atoms with Crippen molar-refractivity contribution in [1.29, 1.82) is 0 Å². The Morgan fingerprint density at radius 3 is 2.82 bits per heavy atom. The second-order valence-electron chi connectivity index (χ2n) is 3.37. The van der Waals surface area contributed by atoms with Crippen molar-refractivity contribution in [1.82, 2.24) is 5.32 Å². The summed E-state index contributed by atoms with van der Waals surface area (Å²) in [6, 6.07) is 9.76. The molecule has 0 aliphatic carbocycles. The maximum absolute atomic E-state index is 11.8. The minimum Gasteiger partial charge on any atom is -0.462 e. The second kappa shape index (κ2) is 5.60. The first-order valence-electron chi connectivity index (χ1n) is 5.26. The molecule has 0 saturated heterocycles. The fraction of sp³-hybridized carbons (Fsp3) is 0.250. The molecule has 1 heterocycles. The molecule has 0 saturated carbocycles. The van der Waals surface area contributed by atoms with Crippen LogP contribution in [-0.2, 0) is 9.53 Å². The van der Waals surface area contributed by atoms with Crippen LogP contribution in [0.4, 0.5) is 0 Å². The third kappa shape index (κ3) is 2.84. The quantitative estimate of drug-likeness (QED) is 0.529. The Morgan fingerprint density at radius 2 is 2.18 bits per heavy atom. The van der Waals surface area contributed by atoms with Crippen molar-refractivity contribution in [3.8, 4) is 0 Å². The fourth-order valence-electron chi connectivity index (χ4n) is 1.54. The van der Waals surface area contributed by atoms with Crippen LogP contribution < -0.4 is 5.32 Å². The van der Waals surface area contributed by atoms with Crippen LogP contribution in [0, 0.1) is 0 Å². The van der Waals surface area contributed by atoms with Crippen molar-refractivity contribution < 1.29 is 9.53 Å². The number of hydrogen-bond acceptors (Lipinski definition) is 4. The van der Waals surface area contributed by atoms with E-state index in [4.69, 9.17) is 4.74 Å². The predicted molar refractivity (Wildman–Crippen MR) is 73.4 cm³/mol. The average Bonchev–Trinajstić information content (AvgIpc) is 2.73. The molecule has 1 aromatic rings. The first-order valence-corrected chi connectivity index (χ1v) is 7.06. The first-order chi connectivity index (χ1) is 8.22. The molecule has 0 aromatic heterocycles. The highest BCUT2D eigenvalue weighted by Crippen LogP contribution is 2.38. The average molecular weight is 314 g/mol. The van der Waals surface area contributed by atoms with Gasteiger partial charge in [-0.1, -0.05) is 58.0 Å². The molecule has 2 rings (SSSR count). The molecule has 3 nitrogen and oxygen atoms in total. The van der Waals surface area contributed by atoms with Crippen LogP contribution in [0.5, 0.6) is 0 Å². The van der Waals surface area contributed by atoms with Crippen LogP contribution in [0.2, 0.25) is 0 Å². The van der Waals surface area contributed by atoms with Gasteiger partial charge in [-0.05, 0) is 12.5 Å². The predicted octanol–water partition coefficient (Wildman–Crippen LogP) is 2.93. The van der Waals surface area contributed by atoms with Crippen molar-refractivity contribution in [2.24, 2.45) is 0 Å². The SMILES string of the molecule is CCOC(=O)C1=C(c2ccccc2)NC(Br)S1. The minimum absolute atomic E-state index is 0.0112. The number of carbonyl (C=O) groups is 1. The van der Waals surface area contributed by atoms with Gasteiger partial charge in [0.15, 0.2) is 0 Å². The standard InChI is InChI=1S/C12H12BrNO2S/c1-2-16-11(15)10-9(14-12(13)17-10)8-6-4-3-5-7-8/h3-7,12,14H,2H2,1H3. The lowest BCUT2D eigenvalue weighted by Gasteiger charge is -2.06. The van der Waals surface area contributed by atoms with Crippen molar-refractivity contribution in [3.05, 3.63) is 40.8 Å². The Balaban J connectivity index is 2.33. The van der Waals surface area contributed by atoms with E-state index >= 15 is 0 Å².